The Morgan fingerprint density at radius 3 is 2.74 bits per heavy atom. The molecule has 0 fully saturated rings. The molecule has 0 unspecified atom stereocenters. The van der Waals surface area contributed by atoms with Gasteiger partial charge in [0.25, 0.3) is 0 Å². The van der Waals surface area contributed by atoms with Gasteiger partial charge in [-0.05, 0) is 13.3 Å². The quantitative estimate of drug-likeness (QED) is 0.663. The van der Waals surface area contributed by atoms with Gasteiger partial charge in [0.1, 0.15) is 11.6 Å². The molecule has 0 bridgehead atoms. The summed E-state index contributed by atoms with van der Waals surface area (Å²) < 4.78 is 0. The van der Waals surface area contributed by atoms with Crippen molar-refractivity contribution in [3.63, 3.8) is 0 Å². The van der Waals surface area contributed by atoms with Crippen molar-refractivity contribution < 1.29 is 4.79 Å². The van der Waals surface area contributed by atoms with Crippen LogP contribution in [0.5, 0.6) is 0 Å². The molecule has 1 amide bonds. The summed E-state index contributed by atoms with van der Waals surface area (Å²) in [4.78, 5) is 21.6. The van der Waals surface area contributed by atoms with Crippen LogP contribution in [-0.4, -0.2) is 42.6 Å². The molecule has 1 aromatic heterocycles. The van der Waals surface area contributed by atoms with E-state index in [-0.39, 0.29) is 18.4 Å². The van der Waals surface area contributed by atoms with Gasteiger partial charge in [-0.1, -0.05) is 6.92 Å². The van der Waals surface area contributed by atoms with Gasteiger partial charge in [-0.25, -0.2) is 0 Å². The molecule has 7 heteroatoms. The van der Waals surface area contributed by atoms with E-state index in [4.69, 9.17) is 5.73 Å². The molecule has 7 nitrogen and oxygen atoms in total. The minimum absolute atomic E-state index is 0.0675. The highest BCUT2D eigenvalue weighted by molar-refractivity contribution is 5.80. The Morgan fingerprint density at radius 1 is 1.42 bits per heavy atom. The van der Waals surface area contributed by atoms with Crippen LogP contribution >= 0.6 is 0 Å². The molecule has 0 saturated carbocycles. The molecule has 0 aliphatic carbocycles. The molecule has 0 saturated heterocycles. The lowest BCUT2D eigenvalue weighted by atomic mass is 10.4. The van der Waals surface area contributed by atoms with Gasteiger partial charge in [-0.15, -0.1) is 0 Å². The fraction of sp³-hybridized carbons (Fsp3) is 0.583. The average Bonchev–Trinajstić information content (AvgIpc) is 2.41. The van der Waals surface area contributed by atoms with E-state index in [1.165, 1.54) is 0 Å². The third kappa shape index (κ3) is 4.61. The van der Waals surface area contributed by atoms with Gasteiger partial charge in [-0.2, -0.15) is 9.97 Å². The van der Waals surface area contributed by atoms with Gasteiger partial charge in [0, 0.05) is 26.2 Å². The van der Waals surface area contributed by atoms with E-state index in [9.17, 15) is 4.79 Å². The molecular weight excluding hydrogens is 244 g/mol. The standard InChI is InChI=1S/C12H22N6O/c1-4-6-15-9-7-10(17-12(13)16-9)18(5-2)8-11(19)14-3/h7H,4-6,8H2,1-3H3,(H,14,19)(H3,13,15,16,17). The summed E-state index contributed by atoms with van der Waals surface area (Å²) >= 11 is 0. The zero-order valence-electron chi connectivity index (χ0n) is 11.7. The van der Waals surface area contributed by atoms with E-state index < -0.39 is 0 Å². The van der Waals surface area contributed by atoms with E-state index in [0.717, 1.165) is 13.0 Å². The summed E-state index contributed by atoms with van der Waals surface area (Å²) in [6.07, 6.45) is 0.995. The highest BCUT2D eigenvalue weighted by atomic mass is 16.1. The van der Waals surface area contributed by atoms with Crippen LogP contribution in [0.4, 0.5) is 17.6 Å². The summed E-state index contributed by atoms with van der Waals surface area (Å²) in [6, 6.07) is 1.80. The van der Waals surface area contributed by atoms with Crippen LogP contribution in [0.25, 0.3) is 0 Å². The second-order valence-corrected chi connectivity index (χ2v) is 4.08. The lowest BCUT2D eigenvalue weighted by Gasteiger charge is -2.21. The van der Waals surface area contributed by atoms with Gasteiger partial charge in [0.2, 0.25) is 11.9 Å². The summed E-state index contributed by atoms with van der Waals surface area (Å²) in [5, 5.41) is 5.76. The SMILES string of the molecule is CCCNc1cc(N(CC)CC(=O)NC)nc(N)n1. The van der Waals surface area contributed by atoms with Crippen LogP contribution in [0.15, 0.2) is 6.07 Å². The Labute approximate surface area is 113 Å². The van der Waals surface area contributed by atoms with Crippen LogP contribution in [-0.2, 0) is 4.79 Å². The molecule has 106 valence electrons. The van der Waals surface area contributed by atoms with Crippen molar-refractivity contribution in [3.05, 3.63) is 6.07 Å². The minimum Gasteiger partial charge on any atom is -0.370 e. The number of carbonyl (C=O) groups is 1. The van der Waals surface area contributed by atoms with E-state index in [1.54, 1.807) is 13.1 Å². The number of likely N-dealkylation sites (N-methyl/N-ethyl adjacent to an activating group) is 2. The van der Waals surface area contributed by atoms with Crippen molar-refractivity contribution in [3.8, 4) is 0 Å². The van der Waals surface area contributed by atoms with E-state index >= 15 is 0 Å². The lowest BCUT2D eigenvalue weighted by Crippen LogP contribution is -2.36. The number of rotatable bonds is 7. The van der Waals surface area contributed by atoms with Crippen molar-refractivity contribution in [2.24, 2.45) is 0 Å². The van der Waals surface area contributed by atoms with Gasteiger partial charge >= 0.3 is 0 Å². The third-order valence-electron chi connectivity index (χ3n) is 2.61. The Bertz CT molecular complexity index is 423. The molecule has 0 atom stereocenters. The second-order valence-electron chi connectivity index (χ2n) is 4.08. The first-order valence-electron chi connectivity index (χ1n) is 6.44. The van der Waals surface area contributed by atoms with Crippen molar-refractivity contribution >= 4 is 23.5 Å². The number of nitrogens with one attached hydrogen (secondary N) is 2. The normalized spacial score (nSPS) is 10.1. The Kier molecular flexibility index (Phi) is 5.84. The maximum absolute atomic E-state index is 11.5. The predicted molar refractivity (Wildman–Crippen MR) is 77.2 cm³/mol. The number of nitrogen functional groups attached to an aromatic ring is 1. The van der Waals surface area contributed by atoms with Crippen molar-refractivity contribution in [2.75, 3.05) is 42.6 Å². The number of amides is 1. The monoisotopic (exact) mass is 266 g/mol. The van der Waals surface area contributed by atoms with E-state index in [1.807, 2.05) is 11.8 Å². The summed E-state index contributed by atoms with van der Waals surface area (Å²) in [6.45, 7) is 5.76. The van der Waals surface area contributed by atoms with Crippen LogP contribution in [0, 0.1) is 0 Å². The molecule has 1 rings (SSSR count). The number of hydrogen-bond donors (Lipinski definition) is 3. The van der Waals surface area contributed by atoms with E-state index in [2.05, 4.69) is 27.5 Å². The number of aromatic nitrogens is 2. The molecule has 0 radical (unpaired) electrons. The smallest absolute Gasteiger partial charge is 0.239 e. The number of nitrogens with zero attached hydrogens (tertiary/aromatic N) is 3. The Balaban J connectivity index is 2.89. The predicted octanol–water partition coefficient (Wildman–Crippen LogP) is 0.453. The first-order chi connectivity index (χ1) is 9.10. The maximum atomic E-state index is 11.5. The first kappa shape index (κ1) is 15.0. The molecule has 0 aliphatic heterocycles. The summed E-state index contributed by atoms with van der Waals surface area (Å²) in [5.74, 6) is 1.46. The topological polar surface area (TPSA) is 96.2 Å². The Morgan fingerprint density at radius 2 is 2.16 bits per heavy atom. The highest BCUT2D eigenvalue weighted by Crippen LogP contribution is 2.16. The number of hydrogen-bond acceptors (Lipinski definition) is 6. The van der Waals surface area contributed by atoms with Crippen LogP contribution in [0.3, 0.4) is 0 Å². The molecule has 4 N–H and O–H groups in total. The largest absolute Gasteiger partial charge is 0.370 e. The maximum Gasteiger partial charge on any atom is 0.239 e. The molecule has 0 spiro atoms. The number of carbonyl (C=O) groups excluding carboxylic acids is 1. The van der Waals surface area contributed by atoms with Crippen LogP contribution < -0.4 is 21.3 Å². The minimum atomic E-state index is -0.0675. The van der Waals surface area contributed by atoms with Gasteiger partial charge in [0.05, 0.1) is 6.54 Å². The lowest BCUT2D eigenvalue weighted by molar-refractivity contribution is -0.119. The summed E-state index contributed by atoms with van der Waals surface area (Å²) in [5.41, 5.74) is 5.70. The van der Waals surface area contributed by atoms with Crippen molar-refractivity contribution in [1.82, 2.24) is 15.3 Å². The molecule has 1 heterocycles. The van der Waals surface area contributed by atoms with Crippen LogP contribution in [0.2, 0.25) is 0 Å². The van der Waals surface area contributed by atoms with Gasteiger partial charge in [-0.3, -0.25) is 4.79 Å². The zero-order chi connectivity index (χ0) is 14.3. The first-order valence-corrected chi connectivity index (χ1v) is 6.44. The third-order valence-corrected chi connectivity index (χ3v) is 2.61. The molecule has 1 aromatic rings. The van der Waals surface area contributed by atoms with E-state index in [0.29, 0.717) is 18.2 Å². The fourth-order valence-electron chi connectivity index (χ4n) is 1.57. The molecule has 0 aromatic carbocycles. The molecule has 19 heavy (non-hydrogen) atoms. The number of anilines is 3. The summed E-state index contributed by atoms with van der Waals surface area (Å²) in [7, 11) is 1.61. The Hall–Kier alpha value is -2.05. The number of nitrogens with two attached hydrogens (primary N) is 1. The van der Waals surface area contributed by atoms with Gasteiger partial charge in [0.15, 0.2) is 0 Å². The molecular formula is C12H22N6O. The van der Waals surface area contributed by atoms with Crippen molar-refractivity contribution in [1.29, 1.82) is 0 Å². The second kappa shape index (κ2) is 7.40. The fourth-order valence-corrected chi connectivity index (χ4v) is 1.57. The van der Waals surface area contributed by atoms with Crippen LogP contribution in [0.1, 0.15) is 20.3 Å². The average molecular weight is 266 g/mol. The molecule has 0 aliphatic rings. The van der Waals surface area contributed by atoms with Gasteiger partial charge < -0.3 is 21.3 Å². The highest BCUT2D eigenvalue weighted by Gasteiger charge is 2.12. The zero-order valence-corrected chi connectivity index (χ0v) is 11.7. The van der Waals surface area contributed by atoms with Crippen molar-refractivity contribution in [2.45, 2.75) is 20.3 Å².